The van der Waals surface area contributed by atoms with Crippen LogP contribution < -0.4 is 40.6 Å². The maximum atomic E-state index is 6.68. The summed E-state index contributed by atoms with van der Waals surface area (Å²) >= 11 is 0. The molecule has 4 rings (SSSR count). The molecule has 0 radical (unpaired) electrons. The van der Waals surface area contributed by atoms with E-state index in [1.54, 1.807) is 0 Å². The van der Waals surface area contributed by atoms with Gasteiger partial charge in [-0.25, -0.2) is 0 Å². The highest BCUT2D eigenvalue weighted by Gasteiger charge is 2.37. The summed E-state index contributed by atoms with van der Waals surface area (Å²) in [5, 5.41) is 0. The number of anilines is 4. The Balaban J connectivity index is 1.53. The third-order valence-electron chi connectivity index (χ3n) is 11.0. The van der Waals surface area contributed by atoms with Gasteiger partial charge in [0, 0.05) is 22.7 Å². The second kappa shape index (κ2) is 20.4. The van der Waals surface area contributed by atoms with E-state index in [0.717, 1.165) is 69.9 Å². The molecule has 4 aromatic carbocycles. The van der Waals surface area contributed by atoms with E-state index in [4.69, 9.17) is 40.6 Å². The molecule has 0 unspecified atom stereocenters. The van der Waals surface area contributed by atoms with Gasteiger partial charge in [0.05, 0.1) is 8.07 Å². The molecule has 8 nitrogen and oxygen atoms in total. The Hall–Kier alpha value is -3.64. The molecule has 4 aromatic rings. The van der Waals surface area contributed by atoms with Crippen molar-refractivity contribution in [2.45, 2.75) is 126 Å². The van der Waals surface area contributed by atoms with E-state index in [9.17, 15) is 0 Å². The first-order valence-electron chi connectivity index (χ1n) is 20.9. The molecular weight excluding hydrogens is 789 g/mol. The van der Waals surface area contributed by atoms with E-state index in [1.165, 1.54) is 49.9 Å². The minimum Gasteiger partial charge on any atom is -0.544 e. The zero-order valence-corrected chi connectivity index (χ0v) is 41.2. The van der Waals surface area contributed by atoms with Crippen LogP contribution in [0.5, 0.6) is 23.0 Å². The summed E-state index contributed by atoms with van der Waals surface area (Å²) in [6.45, 7) is 18.9. The van der Waals surface area contributed by atoms with Crippen LogP contribution in [0.15, 0.2) is 97.1 Å². The van der Waals surface area contributed by atoms with Crippen LogP contribution in [0.4, 0.5) is 22.7 Å². The summed E-state index contributed by atoms with van der Waals surface area (Å²) in [6, 6.07) is 41.4. The number of nitrogens with two attached hydrogens (primary N) is 4. The van der Waals surface area contributed by atoms with Gasteiger partial charge in [-0.1, -0.05) is 49.9 Å². The number of rotatable bonds is 24. The monoisotopic (exact) mass is 860 g/mol. The van der Waals surface area contributed by atoms with Gasteiger partial charge >= 0.3 is 0 Å². The number of hydrogen-bond donors (Lipinski definition) is 4. The summed E-state index contributed by atoms with van der Waals surface area (Å²) < 4.78 is 26.7. The largest absolute Gasteiger partial charge is 0.544 e. The first kappa shape index (κ1) is 46.1. The van der Waals surface area contributed by atoms with Crippen molar-refractivity contribution in [2.24, 2.45) is 0 Å². The Morgan fingerprint density at radius 3 is 0.649 bits per heavy atom. The Morgan fingerprint density at radius 1 is 0.298 bits per heavy atom. The van der Waals surface area contributed by atoms with Crippen LogP contribution >= 0.6 is 0 Å². The molecule has 0 aliphatic rings. The lowest BCUT2D eigenvalue weighted by molar-refractivity contribution is 0.543. The molecule has 57 heavy (non-hydrogen) atoms. The molecule has 13 heteroatoms. The van der Waals surface area contributed by atoms with Crippen molar-refractivity contribution in [2.75, 3.05) is 22.9 Å². The number of nitrogen functional groups attached to an aromatic ring is 4. The van der Waals surface area contributed by atoms with Crippen molar-refractivity contribution in [3.8, 4) is 23.0 Å². The molecule has 0 saturated carbocycles. The first-order valence-corrected chi connectivity index (χ1v) is 36.2. The fourth-order valence-corrected chi connectivity index (χ4v) is 22.2. The Morgan fingerprint density at radius 2 is 0.474 bits per heavy atom. The smallest absolute Gasteiger partial charge is 0.245 e. The van der Waals surface area contributed by atoms with E-state index < -0.39 is 41.3 Å². The number of benzene rings is 4. The van der Waals surface area contributed by atoms with Gasteiger partial charge in [-0.2, -0.15) is 0 Å². The fraction of sp³-hybridized carbons (Fsp3) is 0.455. The molecule has 0 atom stereocenters. The lowest BCUT2D eigenvalue weighted by Crippen LogP contribution is -2.40. The molecule has 0 fully saturated rings. The molecule has 312 valence electrons. The van der Waals surface area contributed by atoms with Crippen molar-refractivity contribution < 1.29 is 17.7 Å². The summed E-state index contributed by atoms with van der Waals surface area (Å²) in [5.74, 6) is 3.72. The normalized spacial score (nSPS) is 12.6. The van der Waals surface area contributed by atoms with Crippen LogP contribution in [0.1, 0.15) is 25.7 Å². The van der Waals surface area contributed by atoms with E-state index in [2.05, 4.69) is 52.4 Å². The molecule has 0 bridgehead atoms. The second-order valence-corrected chi connectivity index (χ2v) is 40.5. The fourth-order valence-electron chi connectivity index (χ4n) is 7.93. The Bertz CT molecular complexity index is 1520. The predicted octanol–water partition coefficient (Wildman–Crippen LogP) is 12.5. The van der Waals surface area contributed by atoms with Crippen LogP contribution in [0.2, 0.25) is 101 Å². The van der Waals surface area contributed by atoms with E-state index in [-0.39, 0.29) is 0 Å². The van der Waals surface area contributed by atoms with Gasteiger partial charge in [-0.3, -0.25) is 0 Å². The third kappa shape index (κ3) is 17.0. The Labute approximate surface area is 349 Å². The van der Waals surface area contributed by atoms with Crippen LogP contribution in [0.25, 0.3) is 0 Å². The quantitative estimate of drug-likeness (QED) is 0.0403. The second-order valence-electron chi connectivity index (χ2n) is 18.6. The lowest BCUT2D eigenvalue weighted by Gasteiger charge is -2.36. The van der Waals surface area contributed by atoms with E-state index >= 15 is 0 Å². The average Bonchev–Trinajstić information content (AvgIpc) is 3.11. The molecule has 0 aromatic heterocycles. The lowest BCUT2D eigenvalue weighted by atomic mass is 10.3. The molecule has 8 N–H and O–H groups in total. The SMILES string of the molecule is C[Si](C)(CCC[Si](CCC[Si](C)(C)Oc1ccc(N)cc1)(CCC[Si](C)(C)Oc1ccc(N)cc1)CCC[Si](C)(C)Oc1ccc(N)cc1)Oc1ccc(N)cc1. The first-order chi connectivity index (χ1) is 26.7. The molecule has 0 amide bonds. The van der Waals surface area contributed by atoms with Crippen LogP contribution in [0.3, 0.4) is 0 Å². The van der Waals surface area contributed by atoms with Gasteiger partial charge in [0.2, 0.25) is 33.3 Å². The number of hydrogen-bond acceptors (Lipinski definition) is 8. The molecule has 0 heterocycles. The third-order valence-corrected chi connectivity index (χ3v) is 26.1. The van der Waals surface area contributed by atoms with Crippen LogP contribution in [-0.4, -0.2) is 41.3 Å². The van der Waals surface area contributed by atoms with Gasteiger partial charge in [-0.05, 0) is 174 Å². The van der Waals surface area contributed by atoms with Gasteiger partial charge in [-0.15, -0.1) is 0 Å². The van der Waals surface area contributed by atoms with Gasteiger partial charge < -0.3 is 40.6 Å². The minimum atomic E-state index is -1.97. The van der Waals surface area contributed by atoms with Crippen LogP contribution in [0, 0.1) is 0 Å². The molecule has 0 spiro atoms. The zero-order valence-electron chi connectivity index (χ0n) is 36.2. The summed E-state index contributed by atoms with van der Waals surface area (Å²) in [5.41, 5.74) is 27.0. The topological polar surface area (TPSA) is 141 Å². The predicted molar refractivity (Wildman–Crippen MR) is 259 cm³/mol. The highest BCUT2D eigenvalue weighted by atomic mass is 28.4. The van der Waals surface area contributed by atoms with Gasteiger partial charge in [0.15, 0.2) is 0 Å². The standard InChI is InChI=1S/C44H72N4O4Si5/c1-53(2,49-41-21-13-37(45)14-22-41)29-9-33-57(34-10-30-54(3,4)50-42-23-15-38(46)16-24-42,35-11-31-55(5,6)51-43-25-17-39(47)18-26-43)36-12-32-56(7,8)52-44-27-19-40(48)20-28-44/h13-28H,9-12,29-36,45-48H2,1-8H3. The molecule has 0 saturated heterocycles. The molecule has 0 aliphatic heterocycles. The van der Waals surface area contributed by atoms with Crippen molar-refractivity contribution in [3.63, 3.8) is 0 Å². The van der Waals surface area contributed by atoms with E-state index in [1.807, 2.05) is 97.1 Å². The van der Waals surface area contributed by atoms with Gasteiger partial charge in [0.1, 0.15) is 23.0 Å². The minimum absolute atomic E-state index is 0.762. The highest BCUT2D eigenvalue weighted by Crippen LogP contribution is 2.38. The zero-order chi connectivity index (χ0) is 41.7. The van der Waals surface area contributed by atoms with Crippen LogP contribution in [-0.2, 0) is 0 Å². The maximum absolute atomic E-state index is 6.68. The summed E-state index contributed by atoms with van der Waals surface area (Å²) in [7, 11) is -9.68. The summed E-state index contributed by atoms with van der Waals surface area (Å²) in [4.78, 5) is 0. The highest BCUT2D eigenvalue weighted by molar-refractivity contribution is 6.81. The molecule has 0 aliphatic carbocycles. The maximum Gasteiger partial charge on any atom is 0.245 e. The molecular formula is C44H72N4O4Si5. The van der Waals surface area contributed by atoms with Crippen molar-refractivity contribution in [1.82, 2.24) is 0 Å². The van der Waals surface area contributed by atoms with Crippen molar-refractivity contribution in [1.29, 1.82) is 0 Å². The van der Waals surface area contributed by atoms with E-state index in [0.29, 0.717) is 0 Å². The Kier molecular flexibility index (Phi) is 16.5. The average molecular weight is 862 g/mol. The van der Waals surface area contributed by atoms with Crippen molar-refractivity contribution >= 4 is 64.1 Å². The summed E-state index contributed by atoms with van der Waals surface area (Å²) in [6.07, 6.45) is 4.81. The van der Waals surface area contributed by atoms with Crippen molar-refractivity contribution in [3.05, 3.63) is 97.1 Å². The van der Waals surface area contributed by atoms with Gasteiger partial charge in [0.25, 0.3) is 0 Å².